The van der Waals surface area contributed by atoms with E-state index in [0.29, 0.717) is 5.70 Å². The first-order valence-corrected chi connectivity index (χ1v) is 7.37. The Bertz CT molecular complexity index is 576. The van der Waals surface area contributed by atoms with Gasteiger partial charge in [0, 0.05) is 0 Å². The van der Waals surface area contributed by atoms with E-state index in [-0.39, 0.29) is 10.7 Å². The van der Waals surface area contributed by atoms with Gasteiger partial charge in [-0.2, -0.15) is 0 Å². The van der Waals surface area contributed by atoms with Crippen molar-refractivity contribution in [3.05, 3.63) is 41.1 Å². The maximum Gasteiger partial charge on any atom is 0.244 e. The second-order valence-electron chi connectivity index (χ2n) is 3.64. The highest BCUT2D eigenvalue weighted by Crippen LogP contribution is 2.30. The van der Waals surface area contributed by atoms with Gasteiger partial charge < -0.3 is 9.90 Å². The van der Waals surface area contributed by atoms with Crippen molar-refractivity contribution in [3.8, 4) is 0 Å². The average Bonchev–Trinajstić information content (AvgIpc) is 2.71. The average molecular weight is 292 g/mol. The topological polar surface area (TPSA) is 69.6 Å². The number of nitrogens with zero attached hydrogens (tertiary/aromatic N) is 1. The number of aliphatic imine (C=N–C) groups is 1. The molecule has 98 valence electrons. The highest BCUT2D eigenvalue weighted by Gasteiger charge is 2.21. The quantitative estimate of drug-likeness (QED) is 0.794. The van der Waals surface area contributed by atoms with Crippen LogP contribution in [0.2, 0.25) is 0 Å². The molecule has 4 nitrogen and oxygen atoms in total. The fourth-order valence-electron chi connectivity index (χ4n) is 1.45. The van der Waals surface area contributed by atoms with Crippen LogP contribution in [0.3, 0.4) is 0 Å². The molecule has 0 bridgehead atoms. The summed E-state index contributed by atoms with van der Waals surface area (Å²) in [4.78, 5) is 26.6. The Labute approximate surface area is 119 Å². The maximum absolute atomic E-state index is 11.7. The number of carboxylic acid groups (broad SMARTS) is 1. The summed E-state index contributed by atoms with van der Waals surface area (Å²) < 4.78 is 0.755. The lowest BCUT2D eigenvalue weighted by molar-refractivity contribution is -0.255. The summed E-state index contributed by atoms with van der Waals surface area (Å²) in [6.07, 6.45) is 1.65. The van der Waals surface area contributed by atoms with Gasteiger partial charge in [0.05, 0.1) is 5.97 Å². The predicted molar refractivity (Wildman–Crippen MR) is 76.9 cm³/mol. The van der Waals surface area contributed by atoms with E-state index in [4.69, 9.17) is 0 Å². The van der Waals surface area contributed by atoms with E-state index < -0.39 is 5.97 Å². The van der Waals surface area contributed by atoms with Crippen LogP contribution >= 0.6 is 23.5 Å². The zero-order valence-corrected chi connectivity index (χ0v) is 11.7. The SMILES string of the molecule is CCSC1=N/C(=C/c2ccc(C(=O)[O-])cc2)C(=O)S1. The largest absolute Gasteiger partial charge is 0.545 e. The fraction of sp³-hybridized carbons (Fsp3) is 0.154. The van der Waals surface area contributed by atoms with Crippen molar-refractivity contribution >= 4 is 45.1 Å². The molecule has 0 atom stereocenters. The van der Waals surface area contributed by atoms with E-state index in [1.165, 1.54) is 23.9 Å². The van der Waals surface area contributed by atoms with E-state index in [1.807, 2.05) is 6.92 Å². The summed E-state index contributed by atoms with van der Waals surface area (Å²) in [6.45, 7) is 2.00. The fourth-order valence-corrected chi connectivity index (χ4v) is 3.19. The van der Waals surface area contributed by atoms with Gasteiger partial charge in [-0.3, -0.25) is 4.79 Å². The van der Waals surface area contributed by atoms with Crippen LogP contribution in [0.25, 0.3) is 6.08 Å². The van der Waals surface area contributed by atoms with Gasteiger partial charge >= 0.3 is 0 Å². The lowest BCUT2D eigenvalue weighted by Crippen LogP contribution is -2.21. The first-order chi connectivity index (χ1) is 9.10. The lowest BCUT2D eigenvalue weighted by Gasteiger charge is -2.01. The molecule has 1 aromatic rings. The summed E-state index contributed by atoms with van der Waals surface area (Å²) in [5, 5.41) is 10.5. The Morgan fingerprint density at radius 2 is 2.11 bits per heavy atom. The molecule has 19 heavy (non-hydrogen) atoms. The highest BCUT2D eigenvalue weighted by atomic mass is 32.2. The number of hydrogen-bond donors (Lipinski definition) is 0. The monoisotopic (exact) mass is 292 g/mol. The molecule has 1 aliphatic rings. The summed E-state index contributed by atoms with van der Waals surface area (Å²) >= 11 is 2.66. The molecule has 0 spiro atoms. The van der Waals surface area contributed by atoms with E-state index in [0.717, 1.165) is 27.5 Å². The van der Waals surface area contributed by atoms with Gasteiger partial charge in [0.2, 0.25) is 5.12 Å². The summed E-state index contributed by atoms with van der Waals surface area (Å²) in [6, 6.07) is 6.13. The molecule has 0 radical (unpaired) electrons. The van der Waals surface area contributed by atoms with Crippen molar-refractivity contribution in [1.82, 2.24) is 0 Å². The number of hydrogen-bond acceptors (Lipinski definition) is 6. The predicted octanol–water partition coefficient (Wildman–Crippen LogP) is 1.77. The third kappa shape index (κ3) is 3.48. The minimum atomic E-state index is -1.22. The minimum absolute atomic E-state index is 0.0834. The zero-order chi connectivity index (χ0) is 13.8. The second-order valence-corrected chi connectivity index (χ2v) is 6.11. The molecule has 0 saturated carbocycles. The van der Waals surface area contributed by atoms with Crippen molar-refractivity contribution in [1.29, 1.82) is 0 Å². The van der Waals surface area contributed by atoms with Crippen LogP contribution in [0.15, 0.2) is 35.0 Å². The Balaban J connectivity index is 2.21. The molecule has 1 aliphatic heterocycles. The maximum atomic E-state index is 11.7. The standard InChI is InChI=1S/C13H11NO3S2/c1-2-18-13-14-10(12(17)19-13)7-8-3-5-9(6-4-8)11(15)16/h3-7H,2H2,1H3,(H,15,16)/p-1/b10-7+. The minimum Gasteiger partial charge on any atom is -0.545 e. The molecular formula is C13H10NO3S2-. The number of thioether (sulfide) groups is 2. The zero-order valence-electron chi connectivity index (χ0n) is 10.1. The molecule has 0 aromatic heterocycles. The van der Waals surface area contributed by atoms with Crippen molar-refractivity contribution in [2.75, 3.05) is 5.75 Å². The Kier molecular flexibility index (Phi) is 4.44. The Hall–Kier alpha value is -1.53. The molecule has 0 unspecified atom stereocenters. The molecule has 6 heteroatoms. The number of benzene rings is 1. The number of aromatic carboxylic acids is 1. The smallest absolute Gasteiger partial charge is 0.244 e. The summed E-state index contributed by atoms with van der Waals surface area (Å²) in [5.41, 5.74) is 1.24. The number of carbonyl (C=O) groups excluding carboxylic acids is 2. The number of carbonyl (C=O) groups is 2. The number of rotatable bonds is 3. The van der Waals surface area contributed by atoms with Crippen LogP contribution < -0.4 is 5.11 Å². The second kappa shape index (κ2) is 6.08. The first-order valence-electron chi connectivity index (χ1n) is 5.57. The van der Waals surface area contributed by atoms with Crippen LogP contribution in [0.4, 0.5) is 0 Å². The van der Waals surface area contributed by atoms with Crippen LogP contribution in [-0.4, -0.2) is 21.2 Å². The molecule has 0 N–H and O–H groups in total. The van der Waals surface area contributed by atoms with Crippen LogP contribution in [-0.2, 0) is 4.79 Å². The molecule has 0 fully saturated rings. The van der Waals surface area contributed by atoms with Crippen molar-refractivity contribution in [3.63, 3.8) is 0 Å². The molecular weight excluding hydrogens is 282 g/mol. The van der Waals surface area contributed by atoms with Gasteiger partial charge in [-0.05, 0) is 34.7 Å². The van der Waals surface area contributed by atoms with Gasteiger partial charge in [0.25, 0.3) is 0 Å². The highest BCUT2D eigenvalue weighted by molar-refractivity contribution is 8.45. The molecule has 0 saturated heterocycles. The normalized spacial score (nSPS) is 16.8. The molecule has 0 aliphatic carbocycles. The Morgan fingerprint density at radius 3 is 2.68 bits per heavy atom. The lowest BCUT2D eigenvalue weighted by atomic mass is 10.1. The summed E-state index contributed by atoms with van der Waals surface area (Å²) in [7, 11) is 0. The van der Waals surface area contributed by atoms with Gasteiger partial charge in [0.15, 0.2) is 0 Å². The first kappa shape index (κ1) is 13.9. The molecule has 1 heterocycles. The van der Waals surface area contributed by atoms with Crippen molar-refractivity contribution in [2.45, 2.75) is 6.92 Å². The summed E-state index contributed by atoms with van der Waals surface area (Å²) in [5.74, 6) is -0.349. The van der Waals surface area contributed by atoms with E-state index in [1.54, 1.807) is 18.2 Å². The van der Waals surface area contributed by atoms with Gasteiger partial charge in [0.1, 0.15) is 10.1 Å². The number of carboxylic acids is 1. The van der Waals surface area contributed by atoms with E-state index in [2.05, 4.69) is 4.99 Å². The van der Waals surface area contributed by atoms with Gasteiger partial charge in [-0.15, -0.1) is 0 Å². The molecule has 2 rings (SSSR count). The van der Waals surface area contributed by atoms with Crippen molar-refractivity contribution < 1.29 is 14.7 Å². The van der Waals surface area contributed by atoms with Crippen LogP contribution in [0, 0.1) is 0 Å². The Morgan fingerprint density at radius 1 is 1.42 bits per heavy atom. The van der Waals surface area contributed by atoms with Gasteiger partial charge in [-0.1, -0.05) is 43.0 Å². The van der Waals surface area contributed by atoms with Crippen molar-refractivity contribution in [2.24, 2.45) is 4.99 Å². The third-order valence-corrected chi connectivity index (χ3v) is 4.21. The molecule has 0 amide bonds. The van der Waals surface area contributed by atoms with E-state index >= 15 is 0 Å². The van der Waals surface area contributed by atoms with E-state index in [9.17, 15) is 14.7 Å². The van der Waals surface area contributed by atoms with Crippen LogP contribution in [0.1, 0.15) is 22.8 Å². The van der Waals surface area contributed by atoms with Gasteiger partial charge in [-0.25, -0.2) is 4.99 Å². The molecule has 1 aromatic carbocycles. The van der Waals surface area contributed by atoms with Crippen LogP contribution in [0.5, 0.6) is 0 Å². The third-order valence-electron chi connectivity index (χ3n) is 2.32.